The Labute approximate surface area is 194 Å². The highest BCUT2D eigenvalue weighted by molar-refractivity contribution is 7.89. The van der Waals surface area contributed by atoms with Crippen molar-refractivity contribution < 1.29 is 13.2 Å². The lowest BCUT2D eigenvalue weighted by molar-refractivity contribution is -0.116. The van der Waals surface area contributed by atoms with Gasteiger partial charge in [0.1, 0.15) is 5.82 Å². The van der Waals surface area contributed by atoms with E-state index in [0.717, 1.165) is 21.6 Å². The SMILES string of the molecule is CCn1c(CCC(=O)Nc2nc3ccc(Cl)cc3s2)nc2cc(S(=O)(=O)N(C)C)ccc21. The number of nitrogens with one attached hydrogen (secondary N) is 1. The molecule has 0 aliphatic carbocycles. The maximum absolute atomic E-state index is 12.5. The predicted molar refractivity (Wildman–Crippen MR) is 128 cm³/mol. The number of amides is 1. The molecule has 4 rings (SSSR count). The monoisotopic (exact) mass is 491 g/mol. The van der Waals surface area contributed by atoms with Gasteiger partial charge in [-0.15, -0.1) is 0 Å². The molecule has 8 nitrogen and oxygen atoms in total. The molecule has 0 atom stereocenters. The molecule has 1 N–H and O–H groups in total. The summed E-state index contributed by atoms with van der Waals surface area (Å²) in [5.41, 5.74) is 2.21. The molecule has 0 aliphatic heterocycles. The molecule has 0 spiro atoms. The van der Waals surface area contributed by atoms with Gasteiger partial charge in [-0.2, -0.15) is 0 Å². The molecule has 2 heterocycles. The second kappa shape index (κ2) is 8.78. The highest BCUT2D eigenvalue weighted by Gasteiger charge is 2.20. The maximum atomic E-state index is 12.5. The summed E-state index contributed by atoms with van der Waals surface area (Å²) in [5.74, 6) is 0.564. The van der Waals surface area contributed by atoms with Crippen molar-refractivity contribution in [2.24, 2.45) is 0 Å². The van der Waals surface area contributed by atoms with Gasteiger partial charge in [-0.25, -0.2) is 22.7 Å². The third-order valence-corrected chi connectivity index (χ3v) is 8.05. The number of aryl methyl sites for hydroxylation is 2. The standard InChI is InChI=1S/C21H22ClN5O3S2/c1-4-27-17-8-6-14(32(29,30)26(2)3)12-16(17)23-19(27)9-10-20(28)25-21-24-15-7-5-13(22)11-18(15)31-21/h5-8,11-12H,4,9-10H2,1-3H3,(H,24,25,28). The quantitative estimate of drug-likeness (QED) is 0.419. The first-order valence-electron chi connectivity index (χ1n) is 9.96. The molecule has 2 aromatic carbocycles. The molecule has 0 saturated carbocycles. The topological polar surface area (TPSA) is 97.2 Å². The van der Waals surface area contributed by atoms with Crippen LogP contribution in [-0.2, 0) is 27.8 Å². The highest BCUT2D eigenvalue weighted by Crippen LogP contribution is 2.28. The van der Waals surface area contributed by atoms with Crippen LogP contribution in [0.2, 0.25) is 5.02 Å². The van der Waals surface area contributed by atoms with Gasteiger partial charge in [-0.1, -0.05) is 22.9 Å². The number of hydrogen-bond acceptors (Lipinski definition) is 6. The summed E-state index contributed by atoms with van der Waals surface area (Å²) in [5, 5.41) is 3.98. The minimum atomic E-state index is -3.55. The highest BCUT2D eigenvalue weighted by atomic mass is 35.5. The molecule has 0 unspecified atom stereocenters. The molecular weight excluding hydrogens is 470 g/mol. The van der Waals surface area contributed by atoms with E-state index in [2.05, 4.69) is 15.3 Å². The van der Waals surface area contributed by atoms with Crippen LogP contribution in [0.4, 0.5) is 5.13 Å². The van der Waals surface area contributed by atoms with Gasteiger partial charge in [0.25, 0.3) is 0 Å². The molecule has 2 aromatic heterocycles. The molecule has 0 bridgehead atoms. The Hall–Kier alpha value is -2.53. The number of carbonyl (C=O) groups excluding carboxylic acids is 1. The van der Waals surface area contributed by atoms with E-state index in [4.69, 9.17) is 11.6 Å². The molecule has 11 heteroatoms. The average molecular weight is 492 g/mol. The first-order chi connectivity index (χ1) is 15.2. The van der Waals surface area contributed by atoms with Crippen LogP contribution in [0.25, 0.3) is 21.3 Å². The minimum absolute atomic E-state index is 0.166. The Morgan fingerprint density at radius 3 is 2.66 bits per heavy atom. The Morgan fingerprint density at radius 2 is 1.94 bits per heavy atom. The van der Waals surface area contributed by atoms with Crippen molar-refractivity contribution in [2.75, 3.05) is 19.4 Å². The van der Waals surface area contributed by atoms with E-state index in [1.165, 1.54) is 29.7 Å². The number of aromatic nitrogens is 3. The van der Waals surface area contributed by atoms with E-state index in [0.29, 0.717) is 28.6 Å². The van der Waals surface area contributed by atoms with Gasteiger partial charge in [0, 0.05) is 38.5 Å². The maximum Gasteiger partial charge on any atom is 0.242 e. The van der Waals surface area contributed by atoms with Crippen molar-refractivity contribution in [3.63, 3.8) is 0 Å². The number of benzene rings is 2. The van der Waals surface area contributed by atoms with E-state index in [9.17, 15) is 13.2 Å². The van der Waals surface area contributed by atoms with Gasteiger partial charge in [0.15, 0.2) is 5.13 Å². The van der Waals surface area contributed by atoms with E-state index in [1.807, 2.05) is 23.6 Å². The Bertz CT molecular complexity index is 1430. The third-order valence-electron chi connectivity index (χ3n) is 5.07. The van der Waals surface area contributed by atoms with Crippen molar-refractivity contribution in [2.45, 2.75) is 31.2 Å². The minimum Gasteiger partial charge on any atom is -0.328 e. The molecule has 32 heavy (non-hydrogen) atoms. The van der Waals surface area contributed by atoms with Crippen LogP contribution in [0.1, 0.15) is 19.2 Å². The second-order valence-corrected chi connectivity index (χ2v) is 11.0. The zero-order chi connectivity index (χ0) is 23.0. The van der Waals surface area contributed by atoms with Gasteiger partial charge < -0.3 is 9.88 Å². The summed E-state index contributed by atoms with van der Waals surface area (Å²) in [4.78, 5) is 21.7. The molecule has 1 amide bonds. The summed E-state index contributed by atoms with van der Waals surface area (Å²) in [7, 11) is -0.558. The first-order valence-corrected chi connectivity index (χ1v) is 12.6. The summed E-state index contributed by atoms with van der Waals surface area (Å²) < 4.78 is 28.9. The van der Waals surface area contributed by atoms with Crippen LogP contribution < -0.4 is 5.32 Å². The summed E-state index contributed by atoms with van der Waals surface area (Å²) in [6.45, 7) is 2.65. The number of carbonyl (C=O) groups is 1. The smallest absolute Gasteiger partial charge is 0.242 e. The number of imidazole rings is 1. The van der Waals surface area contributed by atoms with Crippen molar-refractivity contribution in [3.05, 3.63) is 47.2 Å². The van der Waals surface area contributed by atoms with Crippen LogP contribution in [0, 0.1) is 0 Å². The Kier molecular flexibility index (Phi) is 6.22. The van der Waals surface area contributed by atoms with E-state index < -0.39 is 10.0 Å². The fraction of sp³-hybridized carbons (Fsp3) is 0.286. The van der Waals surface area contributed by atoms with E-state index in [-0.39, 0.29) is 17.2 Å². The lowest BCUT2D eigenvalue weighted by atomic mass is 10.3. The Morgan fingerprint density at radius 1 is 1.16 bits per heavy atom. The third kappa shape index (κ3) is 4.36. The number of nitrogens with zero attached hydrogens (tertiary/aromatic N) is 4. The van der Waals surface area contributed by atoms with Crippen LogP contribution in [-0.4, -0.2) is 47.3 Å². The molecule has 168 valence electrons. The molecule has 0 radical (unpaired) electrons. The molecule has 0 fully saturated rings. The zero-order valence-electron chi connectivity index (χ0n) is 17.8. The van der Waals surface area contributed by atoms with Crippen molar-refractivity contribution >= 4 is 65.2 Å². The summed E-state index contributed by atoms with van der Waals surface area (Å²) in [6, 6.07) is 10.3. The van der Waals surface area contributed by atoms with Gasteiger partial charge >= 0.3 is 0 Å². The number of thiazole rings is 1. The lowest BCUT2D eigenvalue weighted by Gasteiger charge is -2.11. The normalized spacial score (nSPS) is 12.2. The number of anilines is 1. The summed E-state index contributed by atoms with van der Waals surface area (Å²) in [6.07, 6.45) is 0.643. The molecule has 0 aliphatic rings. The largest absolute Gasteiger partial charge is 0.328 e. The molecule has 4 aromatic rings. The number of sulfonamides is 1. The number of hydrogen-bond donors (Lipinski definition) is 1. The lowest BCUT2D eigenvalue weighted by Crippen LogP contribution is -2.22. The van der Waals surface area contributed by atoms with Crippen molar-refractivity contribution in [1.29, 1.82) is 0 Å². The van der Waals surface area contributed by atoms with Crippen LogP contribution in [0.5, 0.6) is 0 Å². The Balaban J connectivity index is 1.52. The number of fused-ring (bicyclic) bond motifs is 2. The van der Waals surface area contributed by atoms with Crippen LogP contribution in [0.3, 0.4) is 0 Å². The predicted octanol–water partition coefficient (Wildman–Crippen LogP) is 4.14. The average Bonchev–Trinajstić information content (AvgIpc) is 3.30. The van der Waals surface area contributed by atoms with Gasteiger partial charge in [-0.05, 0) is 43.3 Å². The van der Waals surface area contributed by atoms with Crippen molar-refractivity contribution in [1.82, 2.24) is 18.8 Å². The molecule has 0 saturated heterocycles. The van der Waals surface area contributed by atoms with Crippen LogP contribution >= 0.6 is 22.9 Å². The number of halogens is 1. The first kappa shape index (κ1) is 22.7. The van der Waals surface area contributed by atoms with Gasteiger partial charge in [0.05, 0.1) is 26.1 Å². The second-order valence-electron chi connectivity index (χ2n) is 7.39. The fourth-order valence-corrected chi connectivity index (χ4v) is 5.51. The fourth-order valence-electron chi connectivity index (χ4n) is 3.43. The zero-order valence-corrected chi connectivity index (χ0v) is 20.2. The summed E-state index contributed by atoms with van der Waals surface area (Å²) >= 11 is 7.38. The number of rotatable bonds is 7. The van der Waals surface area contributed by atoms with Crippen LogP contribution in [0.15, 0.2) is 41.3 Å². The van der Waals surface area contributed by atoms with Crippen molar-refractivity contribution in [3.8, 4) is 0 Å². The van der Waals surface area contributed by atoms with Gasteiger partial charge in [-0.3, -0.25) is 4.79 Å². The van der Waals surface area contributed by atoms with Gasteiger partial charge in [0.2, 0.25) is 15.9 Å². The van der Waals surface area contributed by atoms with E-state index in [1.54, 1.807) is 24.3 Å². The van der Waals surface area contributed by atoms with E-state index >= 15 is 0 Å². The molecular formula is C21H22ClN5O3S2.